The van der Waals surface area contributed by atoms with Gasteiger partial charge in [-0.05, 0) is 31.0 Å². The fourth-order valence-electron chi connectivity index (χ4n) is 2.28. The summed E-state index contributed by atoms with van der Waals surface area (Å²) in [4.78, 5) is 11.3. The largest absolute Gasteiger partial charge is 0.407 e. The van der Waals surface area contributed by atoms with Gasteiger partial charge in [0.25, 0.3) is 0 Å². The van der Waals surface area contributed by atoms with Crippen LogP contribution < -0.4 is 0 Å². The van der Waals surface area contributed by atoms with Crippen LogP contribution in [0.1, 0.15) is 40.0 Å². The van der Waals surface area contributed by atoms with Gasteiger partial charge >= 0.3 is 0 Å². The third kappa shape index (κ3) is 3.21. The Bertz CT molecular complexity index is 341. The second kappa shape index (κ2) is 5.54. The molecule has 0 spiro atoms. The number of hydrogen-bond donors (Lipinski definition) is 0. The third-order valence-corrected chi connectivity index (χ3v) is 9.00. The first kappa shape index (κ1) is 15.4. The summed E-state index contributed by atoms with van der Waals surface area (Å²) in [5.41, 5.74) is 0. The SMILES string of the molecule is CC(C)(C)[Si](C)(C)O[C@@H](C=O)[C@@H]1CCC[C@H]1C#N. The van der Waals surface area contributed by atoms with Crippen molar-refractivity contribution in [1.29, 1.82) is 5.26 Å². The molecule has 0 saturated heterocycles. The molecule has 0 bridgehead atoms. The summed E-state index contributed by atoms with van der Waals surface area (Å²) in [6.07, 6.45) is 3.41. The second-order valence-electron chi connectivity index (χ2n) is 6.81. The summed E-state index contributed by atoms with van der Waals surface area (Å²) in [6.45, 7) is 10.8. The van der Waals surface area contributed by atoms with Crippen LogP contribution in [0, 0.1) is 23.2 Å². The average Bonchev–Trinajstić information content (AvgIpc) is 2.72. The van der Waals surface area contributed by atoms with Crippen LogP contribution in [-0.2, 0) is 9.22 Å². The highest BCUT2D eigenvalue weighted by Gasteiger charge is 2.43. The molecule has 0 aliphatic heterocycles. The Hall–Kier alpha value is -0.663. The number of carbonyl (C=O) groups is 1. The zero-order valence-electron chi connectivity index (χ0n) is 12.2. The molecule has 0 heterocycles. The number of nitriles is 1. The van der Waals surface area contributed by atoms with Crippen LogP contribution in [0.4, 0.5) is 0 Å². The monoisotopic (exact) mass is 267 g/mol. The molecule has 102 valence electrons. The lowest BCUT2D eigenvalue weighted by Gasteiger charge is -2.39. The summed E-state index contributed by atoms with van der Waals surface area (Å²) < 4.78 is 6.19. The van der Waals surface area contributed by atoms with Gasteiger partial charge in [0.1, 0.15) is 12.4 Å². The molecule has 3 atom stereocenters. The van der Waals surface area contributed by atoms with E-state index < -0.39 is 14.4 Å². The van der Waals surface area contributed by atoms with Crippen molar-refractivity contribution >= 4 is 14.6 Å². The quantitative estimate of drug-likeness (QED) is 0.578. The van der Waals surface area contributed by atoms with E-state index in [0.29, 0.717) is 0 Å². The van der Waals surface area contributed by atoms with Gasteiger partial charge in [-0.2, -0.15) is 5.26 Å². The van der Waals surface area contributed by atoms with Crippen molar-refractivity contribution in [3.8, 4) is 6.07 Å². The van der Waals surface area contributed by atoms with E-state index in [2.05, 4.69) is 39.9 Å². The summed E-state index contributed by atoms with van der Waals surface area (Å²) >= 11 is 0. The van der Waals surface area contributed by atoms with Crippen molar-refractivity contribution in [2.45, 2.75) is 64.3 Å². The Balaban J connectivity index is 2.80. The zero-order chi connectivity index (χ0) is 14.0. The summed E-state index contributed by atoms with van der Waals surface area (Å²) in [5, 5.41) is 9.22. The maximum atomic E-state index is 11.3. The summed E-state index contributed by atoms with van der Waals surface area (Å²) in [7, 11) is -1.94. The Morgan fingerprint density at radius 3 is 2.44 bits per heavy atom. The molecule has 3 nitrogen and oxygen atoms in total. The van der Waals surface area contributed by atoms with Gasteiger partial charge in [-0.3, -0.25) is 0 Å². The topological polar surface area (TPSA) is 50.1 Å². The van der Waals surface area contributed by atoms with Crippen LogP contribution in [0.5, 0.6) is 0 Å². The first-order chi connectivity index (χ1) is 8.23. The van der Waals surface area contributed by atoms with E-state index in [1.54, 1.807) is 0 Å². The van der Waals surface area contributed by atoms with Crippen molar-refractivity contribution in [3.63, 3.8) is 0 Å². The molecule has 0 N–H and O–H groups in total. The van der Waals surface area contributed by atoms with Crippen LogP contribution in [0.2, 0.25) is 18.1 Å². The molecule has 0 aromatic carbocycles. The minimum atomic E-state index is -1.94. The minimum Gasteiger partial charge on any atom is -0.407 e. The number of aldehydes is 1. The first-order valence-electron chi connectivity index (χ1n) is 6.75. The van der Waals surface area contributed by atoms with E-state index in [9.17, 15) is 4.79 Å². The Labute approximate surface area is 112 Å². The molecule has 18 heavy (non-hydrogen) atoms. The fraction of sp³-hybridized carbons (Fsp3) is 0.857. The maximum Gasteiger partial charge on any atom is 0.193 e. The van der Waals surface area contributed by atoms with Crippen molar-refractivity contribution in [1.82, 2.24) is 0 Å². The number of hydrogen-bond acceptors (Lipinski definition) is 3. The van der Waals surface area contributed by atoms with Crippen LogP contribution in [0.15, 0.2) is 0 Å². The Kier molecular flexibility index (Phi) is 4.74. The second-order valence-corrected chi connectivity index (χ2v) is 11.6. The predicted octanol–water partition coefficient (Wildman–Crippen LogP) is 3.52. The van der Waals surface area contributed by atoms with Gasteiger partial charge in [-0.25, -0.2) is 0 Å². The normalized spacial score (nSPS) is 26.7. The van der Waals surface area contributed by atoms with Crippen LogP contribution >= 0.6 is 0 Å². The molecule has 1 rings (SSSR count). The maximum absolute atomic E-state index is 11.3. The molecule has 0 amide bonds. The van der Waals surface area contributed by atoms with Gasteiger partial charge in [-0.1, -0.05) is 27.2 Å². The van der Waals surface area contributed by atoms with E-state index >= 15 is 0 Å². The smallest absolute Gasteiger partial charge is 0.193 e. The fourth-order valence-corrected chi connectivity index (χ4v) is 3.54. The summed E-state index contributed by atoms with van der Waals surface area (Å²) in [6, 6.07) is 2.33. The molecular formula is C14H25NO2Si. The zero-order valence-corrected chi connectivity index (χ0v) is 13.2. The van der Waals surface area contributed by atoms with Gasteiger partial charge < -0.3 is 9.22 Å². The molecular weight excluding hydrogens is 242 g/mol. The molecule has 1 aliphatic rings. The molecule has 4 heteroatoms. The molecule has 1 fully saturated rings. The van der Waals surface area contributed by atoms with Gasteiger partial charge in [0.2, 0.25) is 0 Å². The predicted molar refractivity (Wildman–Crippen MR) is 74.6 cm³/mol. The lowest BCUT2D eigenvalue weighted by molar-refractivity contribution is -0.116. The van der Waals surface area contributed by atoms with Gasteiger partial charge in [-0.15, -0.1) is 0 Å². The van der Waals surface area contributed by atoms with Crippen molar-refractivity contribution in [2.75, 3.05) is 0 Å². The van der Waals surface area contributed by atoms with Crippen molar-refractivity contribution in [2.24, 2.45) is 11.8 Å². The standard InChI is InChI=1S/C14H25NO2Si/c1-14(2,3)18(4,5)17-13(10-16)12-8-6-7-11(12)9-15/h10-13H,6-8H2,1-5H3/t11-,12+,13-/m0/s1. The average molecular weight is 267 g/mol. The first-order valence-corrected chi connectivity index (χ1v) is 9.66. The molecule has 0 unspecified atom stereocenters. The lowest BCUT2D eigenvalue weighted by atomic mass is 9.93. The van der Waals surface area contributed by atoms with Crippen molar-refractivity contribution < 1.29 is 9.22 Å². The molecule has 0 radical (unpaired) electrons. The van der Waals surface area contributed by atoms with Gasteiger partial charge in [0, 0.05) is 5.92 Å². The molecule has 0 aromatic heterocycles. The number of rotatable bonds is 4. The van der Waals surface area contributed by atoms with Crippen LogP contribution in [-0.4, -0.2) is 20.7 Å². The molecule has 1 saturated carbocycles. The Morgan fingerprint density at radius 2 is 2.00 bits per heavy atom. The third-order valence-electron chi connectivity index (χ3n) is 4.53. The number of carbonyl (C=O) groups excluding carboxylic acids is 1. The molecule has 0 aromatic rings. The minimum absolute atomic E-state index is 0.00929. The molecule has 1 aliphatic carbocycles. The lowest BCUT2D eigenvalue weighted by Crippen LogP contribution is -2.46. The van der Waals surface area contributed by atoms with Gasteiger partial charge in [0.15, 0.2) is 8.32 Å². The van der Waals surface area contributed by atoms with Crippen LogP contribution in [0.3, 0.4) is 0 Å². The van der Waals surface area contributed by atoms with E-state index in [1.165, 1.54) is 0 Å². The number of nitrogens with zero attached hydrogens (tertiary/aromatic N) is 1. The van der Waals surface area contributed by atoms with Gasteiger partial charge in [0.05, 0.1) is 12.0 Å². The van der Waals surface area contributed by atoms with E-state index in [4.69, 9.17) is 9.69 Å². The highest BCUT2D eigenvalue weighted by Crippen LogP contribution is 2.41. The van der Waals surface area contributed by atoms with Crippen LogP contribution in [0.25, 0.3) is 0 Å². The highest BCUT2D eigenvalue weighted by molar-refractivity contribution is 6.74. The highest BCUT2D eigenvalue weighted by atomic mass is 28.4. The van der Waals surface area contributed by atoms with E-state index in [1.807, 2.05) is 0 Å². The van der Waals surface area contributed by atoms with E-state index in [-0.39, 0.29) is 16.9 Å². The van der Waals surface area contributed by atoms with E-state index in [0.717, 1.165) is 25.5 Å². The summed E-state index contributed by atoms with van der Waals surface area (Å²) in [5.74, 6) is 0.0894. The van der Waals surface area contributed by atoms with Crippen molar-refractivity contribution in [3.05, 3.63) is 0 Å². The Morgan fingerprint density at radius 1 is 1.39 bits per heavy atom.